The molecule has 1 saturated heterocycles. The molecule has 34 heavy (non-hydrogen) atoms. The first-order valence-electron chi connectivity index (χ1n) is 11.2. The predicted octanol–water partition coefficient (Wildman–Crippen LogP) is 2.79. The molecule has 9 nitrogen and oxygen atoms in total. The molecule has 0 aliphatic carbocycles. The summed E-state index contributed by atoms with van der Waals surface area (Å²) in [6.45, 7) is 2.95. The van der Waals surface area contributed by atoms with Crippen LogP contribution in [-0.4, -0.2) is 58.9 Å². The maximum absolute atomic E-state index is 12.9. The van der Waals surface area contributed by atoms with Gasteiger partial charge in [-0.2, -0.15) is 0 Å². The zero-order chi connectivity index (χ0) is 24.7. The van der Waals surface area contributed by atoms with Crippen molar-refractivity contribution in [3.8, 4) is 5.75 Å². The lowest BCUT2D eigenvalue weighted by atomic mass is 10.1. The highest BCUT2D eigenvalue weighted by Crippen LogP contribution is 2.22. The summed E-state index contributed by atoms with van der Waals surface area (Å²) >= 11 is 0. The Hall–Kier alpha value is -3.11. The molecule has 1 fully saturated rings. The molecular weight excluding hydrogens is 458 g/mol. The van der Waals surface area contributed by atoms with E-state index in [0.717, 1.165) is 23.4 Å². The minimum Gasteiger partial charge on any atom is -0.481 e. The van der Waals surface area contributed by atoms with E-state index >= 15 is 0 Å². The van der Waals surface area contributed by atoms with Crippen LogP contribution < -0.4 is 19.7 Å². The summed E-state index contributed by atoms with van der Waals surface area (Å²) in [7, 11) is -1.92. The first-order chi connectivity index (χ1) is 16.2. The quantitative estimate of drug-likeness (QED) is 0.531. The maximum atomic E-state index is 12.9. The summed E-state index contributed by atoms with van der Waals surface area (Å²) < 4.78 is 35.9. The van der Waals surface area contributed by atoms with Gasteiger partial charge in [-0.3, -0.25) is 13.9 Å². The van der Waals surface area contributed by atoms with Gasteiger partial charge in [0, 0.05) is 20.2 Å². The molecule has 0 radical (unpaired) electrons. The van der Waals surface area contributed by atoms with E-state index in [9.17, 15) is 18.0 Å². The predicted molar refractivity (Wildman–Crippen MR) is 131 cm³/mol. The molecule has 0 aromatic heterocycles. The van der Waals surface area contributed by atoms with E-state index in [0.29, 0.717) is 42.3 Å². The molecule has 0 saturated carbocycles. The zero-order valence-electron chi connectivity index (χ0n) is 19.6. The van der Waals surface area contributed by atoms with Crippen molar-refractivity contribution in [2.45, 2.75) is 38.4 Å². The van der Waals surface area contributed by atoms with E-state index in [4.69, 9.17) is 9.47 Å². The normalized spacial score (nSPS) is 16.5. The number of amides is 2. The summed E-state index contributed by atoms with van der Waals surface area (Å²) in [6, 6.07) is 13.2. The third kappa shape index (κ3) is 6.71. The van der Waals surface area contributed by atoms with Crippen LogP contribution in [0, 0.1) is 0 Å². The number of carbonyl (C=O) groups excluding carboxylic acids is 2. The summed E-state index contributed by atoms with van der Waals surface area (Å²) in [5.74, 6) is -0.250. The van der Waals surface area contributed by atoms with Crippen LogP contribution in [-0.2, 0) is 19.6 Å². The Morgan fingerprint density at radius 1 is 1.18 bits per heavy atom. The summed E-state index contributed by atoms with van der Waals surface area (Å²) in [5, 5.41) is 5.67. The number of anilines is 2. The fraction of sp³-hybridized carbons (Fsp3) is 0.417. The van der Waals surface area contributed by atoms with Gasteiger partial charge in [-0.1, -0.05) is 19.1 Å². The second-order valence-corrected chi connectivity index (χ2v) is 10.1. The van der Waals surface area contributed by atoms with Gasteiger partial charge in [0.15, 0.2) is 6.10 Å². The van der Waals surface area contributed by atoms with Crippen molar-refractivity contribution in [3.63, 3.8) is 0 Å². The topological polar surface area (TPSA) is 114 Å². The van der Waals surface area contributed by atoms with E-state index in [2.05, 4.69) is 10.6 Å². The molecule has 184 valence electrons. The van der Waals surface area contributed by atoms with Crippen LogP contribution in [0.3, 0.4) is 0 Å². The highest BCUT2D eigenvalue weighted by Gasteiger charge is 2.22. The highest BCUT2D eigenvalue weighted by atomic mass is 32.2. The Balaban J connectivity index is 1.64. The molecule has 2 aromatic carbocycles. The van der Waals surface area contributed by atoms with E-state index in [1.165, 1.54) is 7.05 Å². The molecule has 0 bridgehead atoms. The highest BCUT2D eigenvalue weighted by molar-refractivity contribution is 7.92. The molecule has 0 spiro atoms. The van der Waals surface area contributed by atoms with Crippen molar-refractivity contribution in [1.82, 2.24) is 5.32 Å². The standard InChI is InChI=1S/C24H31N3O6S/c1-4-22(33-18-13-11-17(12-14-18)27(2)34(3,30)31)24(29)26-21-10-6-5-9-20(21)23(28)25-16-19-8-7-15-32-19/h5-6,9-14,19,22H,4,7-8,15-16H2,1-3H3,(H,25,28)(H,26,29). The van der Waals surface area contributed by atoms with Crippen molar-refractivity contribution in [3.05, 3.63) is 54.1 Å². The van der Waals surface area contributed by atoms with Crippen LogP contribution in [0.4, 0.5) is 11.4 Å². The molecular formula is C24H31N3O6S. The van der Waals surface area contributed by atoms with E-state index in [-0.39, 0.29) is 17.9 Å². The lowest BCUT2D eigenvalue weighted by molar-refractivity contribution is -0.122. The molecule has 1 heterocycles. The van der Waals surface area contributed by atoms with Crippen LogP contribution in [0.5, 0.6) is 5.75 Å². The van der Waals surface area contributed by atoms with Crippen molar-refractivity contribution >= 4 is 33.2 Å². The first-order valence-corrected chi connectivity index (χ1v) is 13.0. The van der Waals surface area contributed by atoms with E-state index < -0.39 is 16.1 Å². The lowest BCUT2D eigenvalue weighted by Crippen LogP contribution is -2.35. The molecule has 10 heteroatoms. The van der Waals surface area contributed by atoms with Crippen LogP contribution in [0.2, 0.25) is 0 Å². The second-order valence-electron chi connectivity index (χ2n) is 8.12. The number of hydrogen-bond acceptors (Lipinski definition) is 6. The summed E-state index contributed by atoms with van der Waals surface area (Å²) in [6.07, 6.45) is 2.64. The Kier molecular flexibility index (Phi) is 8.51. The zero-order valence-corrected chi connectivity index (χ0v) is 20.4. The average Bonchev–Trinajstić information content (AvgIpc) is 3.34. The molecule has 1 aliphatic rings. The Morgan fingerprint density at radius 3 is 2.50 bits per heavy atom. The van der Waals surface area contributed by atoms with Gasteiger partial charge >= 0.3 is 0 Å². The third-order valence-electron chi connectivity index (χ3n) is 5.58. The van der Waals surface area contributed by atoms with Gasteiger partial charge in [0.2, 0.25) is 10.0 Å². The molecule has 1 aliphatic heterocycles. The number of rotatable bonds is 10. The van der Waals surface area contributed by atoms with Gasteiger partial charge < -0.3 is 20.1 Å². The van der Waals surface area contributed by atoms with Crippen LogP contribution >= 0.6 is 0 Å². The van der Waals surface area contributed by atoms with Gasteiger partial charge in [0.1, 0.15) is 5.75 Å². The monoisotopic (exact) mass is 489 g/mol. The molecule has 2 amide bonds. The number of nitrogens with one attached hydrogen (secondary N) is 2. The Labute approximate surface area is 200 Å². The average molecular weight is 490 g/mol. The van der Waals surface area contributed by atoms with Gasteiger partial charge in [-0.25, -0.2) is 8.42 Å². The first kappa shape index (κ1) is 25.5. The van der Waals surface area contributed by atoms with Gasteiger partial charge in [-0.15, -0.1) is 0 Å². The SMILES string of the molecule is CCC(Oc1ccc(N(C)S(C)(=O)=O)cc1)C(=O)Nc1ccccc1C(=O)NCC1CCCO1. The van der Waals surface area contributed by atoms with Crippen molar-refractivity contribution in [2.75, 3.05) is 36.1 Å². The summed E-state index contributed by atoms with van der Waals surface area (Å²) in [4.78, 5) is 25.6. The van der Waals surface area contributed by atoms with Crippen LogP contribution in [0.15, 0.2) is 48.5 Å². The molecule has 2 N–H and O–H groups in total. The largest absolute Gasteiger partial charge is 0.481 e. The van der Waals surface area contributed by atoms with Crippen molar-refractivity contribution in [1.29, 1.82) is 0 Å². The minimum atomic E-state index is -3.38. The number of hydrogen-bond donors (Lipinski definition) is 2. The number of sulfonamides is 1. The molecule has 2 unspecified atom stereocenters. The van der Waals surface area contributed by atoms with Gasteiger partial charge in [-0.05, 0) is 55.7 Å². The van der Waals surface area contributed by atoms with Crippen molar-refractivity contribution < 1.29 is 27.5 Å². The van der Waals surface area contributed by atoms with E-state index in [1.807, 2.05) is 6.92 Å². The van der Waals surface area contributed by atoms with E-state index in [1.54, 1.807) is 48.5 Å². The Bertz CT molecular complexity index is 1100. The van der Waals surface area contributed by atoms with Crippen molar-refractivity contribution in [2.24, 2.45) is 0 Å². The lowest BCUT2D eigenvalue weighted by Gasteiger charge is -2.20. The van der Waals surface area contributed by atoms with Gasteiger partial charge in [0.25, 0.3) is 11.8 Å². The summed E-state index contributed by atoms with van der Waals surface area (Å²) in [5.41, 5.74) is 1.23. The van der Waals surface area contributed by atoms with Gasteiger partial charge in [0.05, 0.1) is 29.3 Å². The third-order valence-corrected chi connectivity index (χ3v) is 6.79. The van der Waals surface area contributed by atoms with Crippen LogP contribution in [0.1, 0.15) is 36.5 Å². The second kappa shape index (κ2) is 11.3. The van der Waals surface area contributed by atoms with Crippen LogP contribution in [0.25, 0.3) is 0 Å². The number of ether oxygens (including phenoxy) is 2. The number of benzene rings is 2. The molecule has 3 rings (SSSR count). The fourth-order valence-electron chi connectivity index (χ4n) is 3.52. The number of carbonyl (C=O) groups is 2. The molecule has 2 aromatic rings. The smallest absolute Gasteiger partial charge is 0.265 e. The minimum absolute atomic E-state index is 0.0205. The fourth-order valence-corrected chi connectivity index (χ4v) is 4.03. The maximum Gasteiger partial charge on any atom is 0.265 e. The number of para-hydroxylation sites is 1. The Morgan fingerprint density at radius 2 is 1.88 bits per heavy atom. The number of nitrogens with zero attached hydrogens (tertiary/aromatic N) is 1. The molecule has 2 atom stereocenters.